The lowest BCUT2D eigenvalue weighted by Gasteiger charge is -2.08. The van der Waals surface area contributed by atoms with Gasteiger partial charge in [0.25, 0.3) is 0 Å². The van der Waals surface area contributed by atoms with Gasteiger partial charge in [-0.25, -0.2) is 0 Å². The summed E-state index contributed by atoms with van der Waals surface area (Å²) in [6.45, 7) is 0. The summed E-state index contributed by atoms with van der Waals surface area (Å²) >= 11 is 5.91. The van der Waals surface area contributed by atoms with E-state index in [2.05, 4.69) is 10.1 Å². The van der Waals surface area contributed by atoms with E-state index in [1.165, 1.54) is 14.2 Å². The number of anilines is 1. The number of rotatable bonds is 4. The van der Waals surface area contributed by atoms with E-state index in [4.69, 9.17) is 16.3 Å². The van der Waals surface area contributed by atoms with Gasteiger partial charge in [0.15, 0.2) is 0 Å². The molecular formula is C11H12ClNO4. The zero-order chi connectivity index (χ0) is 12.8. The summed E-state index contributed by atoms with van der Waals surface area (Å²) in [6.07, 6.45) is -0.348. The predicted molar refractivity (Wildman–Crippen MR) is 63.3 cm³/mol. The molecule has 0 unspecified atom stereocenters. The molecule has 1 N–H and O–H groups in total. The molecule has 0 aliphatic carbocycles. The van der Waals surface area contributed by atoms with Gasteiger partial charge in [0.2, 0.25) is 5.91 Å². The molecule has 0 fully saturated rings. The van der Waals surface area contributed by atoms with Crippen molar-refractivity contribution >= 4 is 29.2 Å². The predicted octanol–water partition coefficient (Wildman–Crippen LogP) is 1.85. The van der Waals surface area contributed by atoms with Crippen LogP contribution in [0.5, 0.6) is 5.75 Å². The second kappa shape index (κ2) is 6.10. The maximum Gasteiger partial charge on any atom is 0.315 e. The average Bonchev–Trinajstić information content (AvgIpc) is 2.31. The van der Waals surface area contributed by atoms with Crippen molar-refractivity contribution in [2.75, 3.05) is 19.5 Å². The lowest BCUT2D eigenvalue weighted by molar-refractivity contribution is -0.142. The van der Waals surface area contributed by atoms with Gasteiger partial charge in [-0.2, -0.15) is 0 Å². The van der Waals surface area contributed by atoms with Crippen LogP contribution in [0, 0.1) is 0 Å². The Morgan fingerprint density at radius 3 is 2.59 bits per heavy atom. The SMILES string of the molecule is COC(=O)CC(=O)Nc1ccc(OC)cc1Cl. The fourth-order valence-corrected chi connectivity index (χ4v) is 1.34. The fraction of sp³-hybridized carbons (Fsp3) is 0.273. The Balaban J connectivity index is 2.68. The Kier molecular flexibility index (Phi) is 4.78. The summed E-state index contributed by atoms with van der Waals surface area (Å²) in [4.78, 5) is 22.2. The van der Waals surface area contributed by atoms with E-state index in [9.17, 15) is 9.59 Å². The van der Waals surface area contributed by atoms with Gasteiger partial charge in [-0.05, 0) is 12.1 Å². The number of halogens is 1. The first kappa shape index (κ1) is 13.3. The molecule has 1 aromatic carbocycles. The van der Waals surface area contributed by atoms with E-state index >= 15 is 0 Å². The molecule has 17 heavy (non-hydrogen) atoms. The number of amides is 1. The number of ether oxygens (including phenoxy) is 2. The summed E-state index contributed by atoms with van der Waals surface area (Å²) in [6, 6.07) is 4.81. The zero-order valence-electron chi connectivity index (χ0n) is 9.45. The van der Waals surface area contributed by atoms with Crippen LogP contribution < -0.4 is 10.1 Å². The van der Waals surface area contributed by atoms with E-state index in [0.29, 0.717) is 16.5 Å². The highest BCUT2D eigenvalue weighted by Crippen LogP contribution is 2.26. The number of esters is 1. The largest absolute Gasteiger partial charge is 0.497 e. The second-order valence-corrected chi connectivity index (χ2v) is 3.55. The first-order chi connectivity index (χ1) is 8.06. The van der Waals surface area contributed by atoms with Crippen molar-refractivity contribution in [3.63, 3.8) is 0 Å². The van der Waals surface area contributed by atoms with Gasteiger partial charge >= 0.3 is 5.97 Å². The molecule has 0 radical (unpaired) electrons. The van der Waals surface area contributed by atoms with Crippen molar-refractivity contribution in [2.45, 2.75) is 6.42 Å². The van der Waals surface area contributed by atoms with E-state index in [1.807, 2.05) is 0 Å². The number of benzene rings is 1. The maximum atomic E-state index is 11.4. The molecule has 0 spiro atoms. The lowest BCUT2D eigenvalue weighted by Crippen LogP contribution is -2.17. The summed E-state index contributed by atoms with van der Waals surface area (Å²) in [5, 5.41) is 2.84. The van der Waals surface area contributed by atoms with Gasteiger partial charge in [-0.15, -0.1) is 0 Å². The number of nitrogens with one attached hydrogen (secondary N) is 1. The van der Waals surface area contributed by atoms with Crippen molar-refractivity contribution in [3.05, 3.63) is 23.2 Å². The van der Waals surface area contributed by atoms with E-state index < -0.39 is 11.9 Å². The Hall–Kier alpha value is -1.75. The topological polar surface area (TPSA) is 64.6 Å². The third kappa shape index (κ3) is 3.96. The Labute approximate surface area is 104 Å². The van der Waals surface area contributed by atoms with Crippen molar-refractivity contribution in [2.24, 2.45) is 0 Å². The molecule has 0 heterocycles. The molecule has 1 amide bonds. The molecule has 0 aliphatic rings. The molecule has 0 bridgehead atoms. The van der Waals surface area contributed by atoms with Crippen LogP contribution in [0.15, 0.2) is 18.2 Å². The van der Waals surface area contributed by atoms with Gasteiger partial charge in [-0.1, -0.05) is 11.6 Å². The minimum Gasteiger partial charge on any atom is -0.497 e. The quantitative estimate of drug-likeness (QED) is 0.660. The molecule has 1 aromatic rings. The van der Waals surface area contributed by atoms with Crippen LogP contribution in [-0.4, -0.2) is 26.1 Å². The van der Waals surface area contributed by atoms with Crippen molar-refractivity contribution in [1.82, 2.24) is 0 Å². The molecule has 5 nitrogen and oxygen atoms in total. The third-order valence-electron chi connectivity index (χ3n) is 1.98. The Morgan fingerprint density at radius 2 is 2.06 bits per heavy atom. The van der Waals surface area contributed by atoms with Gasteiger partial charge < -0.3 is 14.8 Å². The van der Waals surface area contributed by atoms with Gasteiger partial charge in [0.1, 0.15) is 12.2 Å². The highest BCUT2D eigenvalue weighted by atomic mass is 35.5. The van der Waals surface area contributed by atoms with Crippen LogP contribution in [0.25, 0.3) is 0 Å². The summed E-state index contributed by atoms with van der Waals surface area (Å²) in [5.41, 5.74) is 0.418. The minimum atomic E-state index is -0.605. The van der Waals surface area contributed by atoms with Crippen LogP contribution in [-0.2, 0) is 14.3 Å². The zero-order valence-corrected chi connectivity index (χ0v) is 10.2. The monoisotopic (exact) mass is 257 g/mol. The van der Waals surface area contributed by atoms with Crippen molar-refractivity contribution < 1.29 is 19.1 Å². The first-order valence-electron chi connectivity index (χ1n) is 4.77. The number of methoxy groups -OCH3 is 2. The molecule has 0 aliphatic heterocycles. The lowest BCUT2D eigenvalue weighted by atomic mass is 10.3. The van der Waals surface area contributed by atoms with Crippen LogP contribution >= 0.6 is 11.6 Å². The highest BCUT2D eigenvalue weighted by molar-refractivity contribution is 6.34. The summed E-state index contributed by atoms with van der Waals surface area (Å²) < 4.78 is 9.34. The van der Waals surface area contributed by atoms with Crippen LogP contribution in [0.4, 0.5) is 5.69 Å². The summed E-state index contributed by atoms with van der Waals surface area (Å²) in [5.74, 6) is -0.503. The van der Waals surface area contributed by atoms with Gasteiger partial charge in [0.05, 0.1) is 24.9 Å². The number of carbonyl (C=O) groups is 2. The molecule has 1 rings (SSSR count). The highest BCUT2D eigenvalue weighted by Gasteiger charge is 2.11. The number of hydrogen-bond acceptors (Lipinski definition) is 4. The number of hydrogen-bond donors (Lipinski definition) is 1. The normalized spacial score (nSPS) is 9.59. The fourth-order valence-electron chi connectivity index (χ4n) is 1.12. The standard InChI is InChI=1S/C11H12ClNO4/c1-16-7-3-4-9(8(12)5-7)13-10(14)6-11(15)17-2/h3-5H,6H2,1-2H3,(H,13,14). The molecule has 0 aromatic heterocycles. The smallest absolute Gasteiger partial charge is 0.315 e. The van der Waals surface area contributed by atoms with Gasteiger partial charge in [-0.3, -0.25) is 9.59 Å². The van der Waals surface area contributed by atoms with Crippen LogP contribution in [0.1, 0.15) is 6.42 Å². The third-order valence-corrected chi connectivity index (χ3v) is 2.30. The Morgan fingerprint density at radius 1 is 1.35 bits per heavy atom. The van der Waals surface area contributed by atoms with Crippen molar-refractivity contribution in [3.8, 4) is 5.75 Å². The van der Waals surface area contributed by atoms with Crippen molar-refractivity contribution in [1.29, 1.82) is 0 Å². The maximum absolute atomic E-state index is 11.4. The molecule has 0 atom stereocenters. The van der Waals surface area contributed by atoms with Crippen LogP contribution in [0.2, 0.25) is 5.02 Å². The van der Waals surface area contributed by atoms with Gasteiger partial charge in [0, 0.05) is 6.07 Å². The molecular weight excluding hydrogens is 246 g/mol. The van der Waals surface area contributed by atoms with Crippen LogP contribution in [0.3, 0.4) is 0 Å². The van der Waals surface area contributed by atoms with E-state index in [1.54, 1.807) is 18.2 Å². The molecule has 0 saturated carbocycles. The first-order valence-corrected chi connectivity index (χ1v) is 5.15. The molecule has 0 saturated heterocycles. The number of carbonyl (C=O) groups excluding carboxylic acids is 2. The second-order valence-electron chi connectivity index (χ2n) is 3.15. The van der Waals surface area contributed by atoms with E-state index in [0.717, 1.165) is 0 Å². The molecule has 92 valence electrons. The summed E-state index contributed by atoms with van der Waals surface area (Å²) in [7, 11) is 2.73. The van der Waals surface area contributed by atoms with E-state index in [-0.39, 0.29) is 6.42 Å². The average molecular weight is 258 g/mol. The molecule has 6 heteroatoms. The Bertz CT molecular complexity index is 433. The minimum absolute atomic E-state index is 0.336.